The zero-order valence-corrected chi connectivity index (χ0v) is 9.22. The first-order valence-corrected chi connectivity index (χ1v) is 5.30. The minimum absolute atomic E-state index is 0.0335. The lowest BCUT2D eigenvalue weighted by atomic mass is 10.2. The molecule has 0 saturated heterocycles. The van der Waals surface area contributed by atoms with E-state index in [2.05, 4.69) is 5.32 Å². The van der Waals surface area contributed by atoms with Gasteiger partial charge in [-0.1, -0.05) is 25.5 Å². The normalized spacial score (nSPS) is 12.1. The Morgan fingerprint density at radius 1 is 1.50 bits per heavy atom. The SMILES string of the molecule is CCC[C@H](O)CNc1ccccc1[N+](=O)[O-]. The molecule has 0 unspecified atom stereocenters. The molecule has 0 spiro atoms. The van der Waals surface area contributed by atoms with Gasteiger partial charge in [-0.15, -0.1) is 0 Å². The third-order valence-electron chi connectivity index (χ3n) is 2.25. The van der Waals surface area contributed by atoms with Crippen LogP contribution in [0, 0.1) is 10.1 Å². The summed E-state index contributed by atoms with van der Waals surface area (Å²) >= 11 is 0. The maximum Gasteiger partial charge on any atom is 0.292 e. The number of rotatable bonds is 6. The number of nitro groups is 1. The van der Waals surface area contributed by atoms with Gasteiger partial charge in [0.2, 0.25) is 0 Å². The molecule has 0 aliphatic carbocycles. The van der Waals surface area contributed by atoms with Crippen LogP contribution in [-0.2, 0) is 0 Å². The van der Waals surface area contributed by atoms with E-state index in [1.807, 2.05) is 6.92 Å². The van der Waals surface area contributed by atoms with Crippen molar-refractivity contribution in [2.24, 2.45) is 0 Å². The molecular weight excluding hydrogens is 208 g/mol. The number of aliphatic hydroxyl groups is 1. The number of benzene rings is 1. The Bertz CT molecular complexity index is 355. The Morgan fingerprint density at radius 3 is 2.81 bits per heavy atom. The zero-order chi connectivity index (χ0) is 12.0. The molecule has 1 atom stereocenters. The molecule has 0 aliphatic rings. The lowest BCUT2D eigenvalue weighted by molar-refractivity contribution is -0.384. The van der Waals surface area contributed by atoms with Gasteiger partial charge >= 0.3 is 0 Å². The second-order valence-electron chi connectivity index (χ2n) is 3.60. The first kappa shape index (κ1) is 12.4. The Morgan fingerprint density at radius 2 is 2.19 bits per heavy atom. The van der Waals surface area contributed by atoms with Crippen LogP contribution in [0.15, 0.2) is 24.3 Å². The van der Waals surface area contributed by atoms with Crippen LogP contribution >= 0.6 is 0 Å². The van der Waals surface area contributed by atoms with Crippen LogP contribution in [0.3, 0.4) is 0 Å². The van der Waals surface area contributed by atoms with E-state index in [4.69, 9.17) is 0 Å². The molecule has 0 fully saturated rings. The number of nitro benzene ring substituents is 1. The number of nitrogens with one attached hydrogen (secondary N) is 1. The summed E-state index contributed by atoms with van der Waals surface area (Å²) in [5, 5.41) is 23.1. The van der Waals surface area contributed by atoms with Gasteiger partial charge in [-0.25, -0.2) is 0 Å². The first-order chi connectivity index (χ1) is 7.65. The molecule has 0 bridgehead atoms. The third-order valence-corrected chi connectivity index (χ3v) is 2.25. The fraction of sp³-hybridized carbons (Fsp3) is 0.455. The maximum absolute atomic E-state index is 10.7. The largest absolute Gasteiger partial charge is 0.391 e. The van der Waals surface area contributed by atoms with Crippen molar-refractivity contribution in [1.29, 1.82) is 0 Å². The van der Waals surface area contributed by atoms with E-state index in [1.54, 1.807) is 18.2 Å². The first-order valence-electron chi connectivity index (χ1n) is 5.30. The molecule has 1 aromatic rings. The molecule has 0 aliphatic heterocycles. The Hall–Kier alpha value is -1.62. The lowest BCUT2D eigenvalue weighted by Crippen LogP contribution is -2.19. The van der Waals surface area contributed by atoms with E-state index in [1.165, 1.54) is 6.07 Å². The Labute approximate surface area is 94.3 Å². The van der Waals surface area contributed by atoms with Crippen LogP contribution in [0.2, 0.25) is 0 Å². The standard InChI is InChI=1S/C11H16N2O3/c1-2-5-9(14)8-12-10-6-3-4-7-11(10)13(15)16/h3-4,6-7,9,12,14H,2,5,8H2,1H3/t9-/m0/s1. The maximum atomic E-state index is 10.7. The molecule has 0 aromatic heterocycles. The van der Waals surface area contributed by atoms with Crippen molar-refractivity contribution < 1.29 is 10.0 Å². The lowest BCUT2D eigenvalue weighted by Gasteiger charge is -2.11. The number of hydrogen-bond acceptors (Lipinski definition) is 4. The van der Waals surface area contributed by atoms with E-state index in [0.29, 0.717) is 18.7 Å². The molecular formula is C11H16N2O3. The predicted molar refractivity (Wildman–Crippen MR) is 62.5 cm³/mol. The smallest absolute Gasteiger partial charge is 0.292 e. The monoisotopic (exact) mass is 224 g/mol. The molecule has 5 heteroatoms. The van der Waals surface area contributed by atoms with Crippen molar-refractivity contribution in [2.45, 2.75) is 25.9 Å². The summed E-state index contributed by atoms with van der Waals surface area (Å²) < 4.78 is 0. The number of anilines is 1. The van der Waals surface area contributed by atoms with Gasteiger partial charge in [0.25, 0.3) is 5.69 Å². The van der Waals surface area contributed by atoms with Gasteiger partial charge < -0.3 is 10.4 Å². The molecule has 16 heavy (non-hydrogen) atoms. The highest BCUT2D eigenvalue weighted by Crippen LogP contribution is 2.22. The summed E-state index contributed by atoms with van der Waals surface area (Å²) in [6, 6.07) is 6.42. The van der Waals surface area contributed by atoms with Crippen LogP contribution in [0.1, 0.15) is 19.8 Å². The zero-order valence-electron chi connectivity index (χ0n) is 9.22. The molecule has 0 amide bonds. The molecule has 5 nitrogen and oxygen atoms in total. The van der Waals surface area contributed by atoms with E-state index < -0.39 is 11.0 Å². The second-order valence-corrected chi connectivity index (χ2v) is 3.60. The van der Waals surface area contributed by atoms with Gasteiger partial charge in [-0.3, -0.25) is 10.1 Å². The summed E-state index contributed by atoms with van der Waals surface area (Å²) in [6.45, 7) is 2.31. The van der Waals surface area contributed by atoms with Gasteiger partial charge in [0, 0.05) is 12.6 Å². The van der Waals surface area contributed by atoms with Gasteiger partial charge in [-0.2, -0.15) is 0 Å². The number of nitrogens with zero attached hydrogens (tertiary/aromatic N) is 1. The predicted octanol–water partition coefficient (Wildman–Crippen LogP) is 2.17. The fourth-order valence-corrected chi connectivity index (χ4v) is 1.45. The molecule has 1 aromatic carbocycles. The van der Waals surface area contributed by atoms with Gasteiger partial charge in [0.05, 0.1) is 11.0 Å². The minimum Gasteiger partial charge on any atom is -0.391 e. The molecule has 0 radical (unpaired) electrons. The van der Waals surface area contributed by atoms with Crippen LogP contribution in [0.5, 0.6) is 0 Å². The van der Waals surface area contributed by atoms with Crippen LogP contribution < -0.4 is 5.32 Å². The number of hydrogen-bond donors (Lipinski definition) is 2. The average Bonchev–Trinajstić information content (AvgIpc) is 2.27. The summed E-state index contributed by atoms with van der Waals surface area (Å²) in [7, 11) is 0. The second kappa shape index (κ2) is 6.07. The van der Waals surface area contributed by atoms with Crippen molar-refractivity contribution in [3.63, 3.8) is 0 Å². The van der Waals surface area contributed by atoms with Crippen molar-refractivity contribution in [1.82, 2.24) is 0 Å². The highest BCUT2D eigenvalue weighted by atomic mass is 16.6. The van der Waals surface area contributed by atoms with Crippen LogP contribution in [0.4, 0.5) is 11.4 Å². The summed E-state index contributed by atoms with van der Waals surface area (Å²) in [4.78, 5) is 10.3. The van der Waals surface area contributed by atoms with Crippen LogP contribution in [-0.4, -0.2) is 22.7 Å². The van der Waals surface area contributed by atoms with E-state index in [0.717, 1.165) is 6.42 Å². The molecule has 88 valence electrons. The topological polar surface area (TPSA) is 75.4 Å². The summed E-state index contributed by atoms with van der Waals surface area (Å²) in [5.41, 5.74) is 0.480. The highest BCUT2D eigenvalue weighted by molar-refractivity contribution is 5.61. The molecule has 1 rings (SSSR count). The summed E-state index contributed by atoms with van der Waals surface area (Å²) in [5.74, 6) is 0. The van der Waals surface area contributed by atoms with E-state index in [9.17, 15) is 15.2 Å². The average molecular weight is 224 g/mol. The van der Waals surface area contributed by atoms with E-state index in [-0.39, 0.29) is 5.69 Å². The van der Waals surface area contributed by atoms with Gasteiger partial charge in [0.15, 0.2) is 0 Å². The molecule has 0 saturated carbocycles. The van der Waals surface area contributed by atoms with Crippen molar-refractivity contribution >= 4 is 11.4 Å². The summed E-state index contributed by atoms with van der Waals surface area (Å²) in [6.07, 6.45) is 1.11. The Balaban J connectivity index is 2.63. The number of para-hydroxylation sites is 2. The molecule has 0 heterocycles. The molecule has 2 N–H and O–H groups in total. The number of aliphatic hydroxyl groups excluding tert-OH is 1. The van der Waals surface area contributed by atoms with Crippen molar-refractivity contribution in [3.05, 3.63) is 34.4 Å². The minimum atomic E-state index is -0.468. The Kier molecular flexibility index (Phi) is 4.72. The van der Waals surface area contributed by atoms with Crippen molar-refractivity contribution in [2.75, 3.05) is 11.9 Å². The third kappa shape index (κ3) is 3.51. The fourth-order valence-electron chi connectivity index (χ4n) is 1.45. The quantitative estimate of drug-likeness (QED) is 0.573. The van der Waals surface area contributed by atoms with Gasteiger partial charge in [0.1, 0.15) is 5.69 Å². The van der Waals surface area contributed by atoms with Crippen LogP contribution in [0.25, 0.3) is 0 Å². The van der Waals surface area contributed by atoms with Gasteiger partial charge in [-0.05, 0) is 12.5 Å². The van der Waals surface area contributed by atoms with Crippen molar-refractivity contribution in [3.8, 4) is 0 Å². The van der Waals surface area contributed by atoms with E-state index >= 15 is 0 Å². The highest BCUT2D eigenvalue weighted by Gasteiger charge is 2.12.